The minimum absolute atomic E-state index is 0.293. The SMILES string of the molecule is CCC1COCCN1CC(=O)Cc1ccccc1. The van der Waals surface area contributed by atoms with E-state index < -0.39 is 0 Å². The van der Waals surface area contributed by atoms with Gasteiger partial charge in [0.25, 0.3) is 0 Å². The molecule has 1 atom stereocenters. The van der Waals surface area contributed by atoms with E-state index in [2.05, 4.69) is 11.8 Å². The summed E-state index contributed by atoms with van der Waals surface area (Å²) in [6.45, 7) is 5.08. The van der Waals surface area contributed by atoms with Crippen molar-refractivity contribution in [3.05, 3.63) is 35.9 Å². The Kier molecular flexibility index (Phi) is 4.90. The summed E-state index contributed by atoms with van der Waals surface area (Å²) in [5, 5.41) is 0. The maximum atomic E-state index is 12.1. The fraction of sp³-hybridized carbons (Fsp3) is 0.533. The van der Waals surface area contributed by atoms with Gasteiger partial charge in [0.2, 0.25) is 0 Å². The molecular formula is C15H21NO2. The summed E-state index contributed by atoms with van der Waals surface area (Å²) in [6.07, 6.45) is 1.58. The molecule has 1 heterocycles. The van der Waals surface area contributed by atoms with E-state index in [1.54, 1.807) is 0 Å². The summed E-state index contributed by atoms with van der Waals surface area (Å²) in [7, 11) is 0. The van der Waals surface area contributed by atoms with Crippen molar-refractivity contribution < 1.29 is 9.53 Å². The van der Waals surface area contributed by atoms with Crippen molar-refractivity contribution in [2.24, 2.45) is 0 Å². The number of nitrogens with zero attached hydrogens (tertiary/aromatic N) is 1. The van der Waals surface area contributed by atoms with Crippen LogP contribution in [0.5, 0.6) is 0 Å². The standard InChI is InChI=1S/C15H21NO2/c1-2-14-12-18-9-8-16(14)11-15(17)10-13-6-4-3-5-7-13/h3-7,14H,2,8-12H2,1H3. The number of morpholine rings is 1. The Bertz CT molecular complexity index is 377. The zero-order chi connectivity index (χ0) is 12.8. The van der Waals surface area contributed by atoms with Gasteiger partial charge in [-0.25, -0.2) is 0 Å². The molecule has 1 aromatic rings. The van der Waals surface area contributed by atoms with E-state index in [0.29, 0.717) is 24.8 Å². The third-order valence-corrected chi connectivity index (χ3v) is 3.44. The van der Waals surface area contributed by atoms with Crippen molar-refractivity contribution in [1.82, 2.24) is 4.90 Å². The van der Waals surface area contributed by atoms with Crippen LogP contribution < -0.4 is 0 Å². The van der Waals surface area contributed by atoms with Crippen LogP contribution in [0.2, 0.25) is 0 Å². The predicted molar refractivity (Wildman–Crippen MR) is 71.6 cm³/mol. The van der Waals surface area contributed by atoms with Gasteiger partial charge < -0.3 is 4.74 Å². The van der Waals surface area contributed by atoms with Gasteiger partial charge in [-0.05, 0) is 12.0 Å². The highest BCUT2D eigenvalue weighted by atomic mass is 16.5. The quantitative estimate of drug-likeness (QED) is 0.796. The molecule has 0 N–H and O–H groups in total. The maximum absolute atomic E-state index is 12.1. The highest BCUT2D eigenvalue weighted by Gasteiger charge is 2.23. The predicted octanol–water partition coefficient (Wildman–Crippen LogP) is 1.91. The minimum atomic E-state index is 0.293. The molecular weight excluding hydrogens is 226 g/mol. The topological polar surface area (TPSA) is 29.5 Å². The molecule has 1 aliphatic rings. The van der Waals surface area contributed by atoms with Gasteiger partial charge in [-0.15, -0.1) is 0 Å². The molecule has 1 fully saturated rings. The van der Waals surface area contributed by atoms with Crippen LogP contribution in [0, 0.1) is 0 Å². The number of ketones is 1. The first-order valence-electron chi connectivity index (χ1n) is 6.67. The van der Waals surface area contributed by atoms with Crippen LogP contribution >= 0.6 is 0 Å². The number of carbonyl (C=O) groups excluding carboxylic acids is 1. The van der Waals surface area contributed by atoms with E-state index in [1.165, 1.54) is 0 Å². The largest absolute Gasteiger partial charge is 0.378 e. The molecule has 0 aliphatic carbocycles. The van der Waals surface area contributed by atoms with Gasteiger partial charge in [-0.2, -0.15) is 0 Å². The van der Waals surface area contributed by atoms with Crippen LogP contribution in [0.4, 0.5) is 0 Å². The van der Waals surface area contributed by atoms with Gasteiger partial charge in [-0.1, -0.05) is 37.3 Å². The van der Waals surface area contributed by atoms with E-state index in [4.69, 9.17) is 4.74 Å². The molecule has 2 rings (SSSR count). The normalized spacial score (nSPS) is 20.8. The number of ether oxygens (including phenoxy) is 1. The highest BCUT2D eigenvalue weighted by molar-refractivity contribution is 5.82. The van der Waals surface area contributed by atoms with E-state index >= 15 is 0 Å². The number of rotatable bonds is 5. The van der Waals surface area contributed by atoms with Gasteiger partial charge in [0.05, 0.1) is 19.8 Å². The fourth-order valence-corrected chi connectivity index (χ4v) is 2.38. The Hall–Kier alpha value is -1.19. The molecule has 1 aliphatic heterocycles. The summed E-state index contributed by atoms with van der Waals surface area (Å²) in [5.41, 5.74) is 1.10. The Morgan fingerprint density at radius 2 is 2.17 bits per heavy atom. The Morgan fingerprint density at radius 1 is 1.39 bits per heavy atom. The van der Waals surface area contributed by atoms with E-state index in [9.17, 15) is 4.79 Å². The molecule has 0 amide bonds. The molecule has 0 radical (unpaired) electrons. The number of hydrogen-bond donors (Lipinski definition) is 0. The van der Waals surface area contributed by atoms with Crippen molar-refractivity contribution in [3.63, 3.8) is 0 Å². The van der Waals surface area contributed by atoms with Crippen LogP contribution in [-0.2, 0) is 16.0 Å². The van der Waals surface area contributed by atoms with E-state index in [0.717, 1.165) is 31.7 Å². The molecule has 3 nitrogen and oxygen atoms in total. The van der Waals surface area contributed by atoms with E-state index in [1.807, 2.05) is 30.3 Å². The molecule has 1 saturated heterocycles. The van der Waals surface area contributed by atoms with E-state index in [-0.39, 0.29) is 0 Å². The lowest BCUT2D eigenvalue weighted by Crippen LogP contribution is -2.47. The second-order valence-electron chi connectivity index (χ2n) is 4.81. The number of Topliss-reactive ketones (excluding diaryl/α,β-unsaturated/α-hetero) is 1. The lowest BCUT2D eigenvalue weighted by molar-refractivity contribution is -0.122. The van der Waals surface area contributed by atoms with Gasteiger partial charge >= 0.3 is 0 Å². The third-order valence-electron chi connectivity index (χ3n) is 3.44. The first kappa shape index (κ1) is 13.2. The van der Waals surface area contributed by atoms with Crippen LogP contribution in [0.25, 0.3) is 0 Å². The Balaban J connectivity index is 1.86. The van der Waals surface area contributed by atoms with Crippen LogP contribution in [-0.4, -0.2) is 43.0 Å². The summed E-state index contributed by atoms with van der Waals surface area (Å²) in [6, 6.07) is 10.4. The first-order valence-corrected chi connectivity index (χ1v) is 6.67. The highest BCUT2D eigenvalue weighted by Crippen LogP contribution is 2.10. The summed E-state index contributed by atoms with van der Waals surface area (Å²) >= 11 is 0. The van der Waals surface area contributed by atoms with Gasteiger partial charge in [0.15, 0.2) is 5.78 Å². The lowest BCUT2D eigenvalue weighted by atomic mass is 10.1. The third kappa shape index (κ3) is 3.65. The smallest absolute Gasteiger partial charge is 0.151 e. The number of carbonyl (C=O) groups is 1. The van der Waals surface area contributed by atoms with Crippen LogP contribution in [0.3, 0.4) is 0 Å². The van der Waals surface area contributed by atoms with Crippen molar-refractivity contribution in [1.29, 1.82) is 0 Å². The molecule has 1 aromatic carbocycles. The van der Waals surface area contributed by atoms with Crippen molar-refractivity contribution in [2.45, 2.75) is 25.8 Å². The zero-order valence-electron chi connectivity index (χ0n) is 11.0. The average Bonchev–Trinajstić information content (AvgIpc) is 2.40. The van der Waals surface area contributed by atoms with Crippen molar-refractivity contribution in [2.75, 3.05) is 26.3 Å². The first-order chi connectivity index (χ1) is 8.79. The second-order valence-corrected chi connectivity index (χ2v) is 4.81. The van der Waals surface area contributed by atoms with Gasteiger partial charge in [-0.3, -0.25) is 9.69 Å². The average molecular weight is 247 g/mol. The summed E-state index contributed by atoms with van der Waals surface area (Å²) < 4.78 is 5.45. The molecule has 0 bridgehead atoms. The van der Waals surface area contributed by atoms with Crippen molar-refractivity contribution in [3.8, 4) is 0 Å². The summed E-state index contributed by atoms with van der Waals surface area (Å²) in [5.74, 6) is 0.293. The Labute approximate surface area is 109 Å². The monoisotopic (exact) mass is 247 g/mol. The zero-order valence-corrected chi connectivity index (χ0v) is 11.0. The molecule has 0 spiro atoms. The molecule has 3 heteroatoms. The fourth-order valence-electron chi connectivity index (χ4n) is 2.38. The number of hydrogen-bond acceptors (Lipinski definition) is 3. The van der Waals surface area contributed by atoms with Crippen molar-refractivity contribution >= 4 is 5.78 Å². The molecule has 98 valence electrons. The maximum Gasteiger partial charge on any atom is 0.151 e. The molecule has 0 saturated carbocycles. The van der Waals surface area contributed by atoms with Crippen LogP contribution in [0.15, 0.2) is 30.3 Å². The molecule has 18 heavy (non-hydrogen) atoms. The van der Waals surface area contributed by atoms with Gasteiger partial charge in [0, 0.05) is 19.0 Å². The van der Waals surface area contributed by atoms with Crippen LogP contribution in [0.1, 0.15) is 18.9 Å². The van der Waals surface area contributed by atoms with Gasteiger partial charge in [0.1, 0.15) is 0 Å². The summed E-state index contributed by atoms with van der Waals surface area (Å²) in [4.78, 5) is 14.3. The molecule has 0 aromatic heterocycles. The minimum Gasteiger partial charge on any atom is -0.378 e. The second kappa shape index (κ2) is 6.66. The lowest BCUT2D eigenvalue weighted by Gasteiger charge is -2.34. The molecule has 1 unspecified atom stereocenters. The number of benzene rings is 1. The Morgan fingerprint density at radius 3 is 2.89 bits per heavy atom.